The molecule has 106 valence electrons. The Morgan fingerprint density at radius 3 is 2.90 bits per heavy atom. The van der Waals surface area contributed by atoms with E-state index in [0.29, 0.717) is 12.3 Å². The van der Waals surface area contributed by atoms with E-state index in [9.17, 15) is 0 Å². The first-order chi connectivity index (χ1) is 9.67. The summed E-state index contributed by atoms with van der Waals surface area (Å²) in [5, 5.41) is 11.7. The third-order valence-electron chi connectivity index (χ3n) is 3.15. The third-order valence-corrected chi connectivity index (χ3v) is 5.27. The van der Waals surface area contributed by atoms with Crippen molar-refractivity contribution in [3.05, 3.63) is 37.7 Å². The van der Waals surface area contributed by atoms with Crippen LogP contribution >= 0.6 is 22.7 Å². The first-order valence-electron chi connectivity index (χ1n) is 6.61. The van der Waals surface area contributed by atoms with Gasteiger partial charge in [0.25, 0.3) is 0 Å². The van der Waals surface area contributed by atoms with Crippen molar-refractivity contribution >= 4 is 40.3 Å². The molecule has 5 heteroatoms. The van der Waals surface area contributed by atoms with Gasteiger partial charge >= 0.3 is 0 Å². The molecule has 0 atom stereocenters. The van der Waals surface area contributed by atoms with E-state index in [1.54, 1.807) is 22.7 Å². The van der Waals surface area contributed by atoms with Gasteiger partial charge in [0, 0.05) is 11.1 Å². The highest BCUT2D eigenvalue weighted by Gasteiger charge is 2.15. The Balaban J connectivity index is 2.29. The Bertz CT molecular complexity index is 609. The van der Waals surface area contributed by atoms with Crippen molar-refractivity contribution in [3.8, 4) is 0 Å². The second kappa shape index (κ2) is 6.81. The van der Waals surface area contributed by atoms with Crippen LogP contribution in [-0.4, -0.2) is 11.9 Å². The van der Waals surface area contributed by atoms with E-state index in [0.717, 1.165) is 29.0 Å². The summed E-state index contributed by atoms with van der Waals surface area (Å²) >= 11 is 3.34. The summed E-state index contributed by atoms with van der Waals surface area (Å²) in [6, 6.07) is 2.06. The summed E-state index contributed by atoms with van der Waals surface area (Å²) in [6.07, 6.45) is 3.45. The molecule has 3 N–H and O–H groups in total. The molecule has 0 unspecified atom stereocenters. The molecule has 0 amide bonds. The molecule has 0 aliphatic heterocycles. The van der Waals surface area contributed by atoms with Gasteiger partial charge in [-0.3, -0.25) is 4.99 Å². The minimum Gasteiger partial charge on any atom is -0.397 e. The number of aliphatic imine (C=N–C) groups is 1. The molecule has 0 aromatic carbocycles. The molecule has 2 rings (SSSR count). The Hall–Kier alpha value is -1.46. The molecule has 0 saturated heterocycles. The smallest absolute Gasteiger partial charge is 0.0947 e. The first-order valence-corrected chi connectivity index (χ1v) is 8.37. The van der Waals surface area contributed by atoms with Crippen LogP contribution in [0.5, 0.6) is 0 Å². The summed E-state index contributed by atoms with van der Waals surface area (Å²) < 4.78 is 0. The van der Waals surface area contributed by atoms with E-state index in [4.69, 9.17) is 11.1 Å². The predicted octanol–water partition coefficient (Wildman–Crippen LogP) is 4.29. The van der Waals surface area contributed by atoms with Gasteiger partial charge in [0.15, 0.2) is 0 Å². The third kappa shape index (κ3) is 3.16. The summed E-state index contributed by atoms with van der Waals surface area (Å²) in [6.45, 7) is 4.83. The van der Waals surface area contributed by atoms with Crippen molar-refractivity contribution in [3.63, 3.8) is 0 Å². The molecule has 2 aromatic heterocycles. The average molecular weight is 305 g/mol. The highest BCUT2D eigenvalue weighted by atomic mass is 32.1. The first kappa shape index (κ1) is 14.9. The van der Waals surface area contributed by atoms with Gasteiger partial charge < -0.3 is 11.1 Å². The zero-order valence-electron chi connectivity index (χ0n) is 11.8. The van der Waals surface area contributed by atoms with Gasteiger partial charge in [-0.05, 0) is 41.3 Å². The van der Waals surface area contributed by atoms with Crippen molar-refractivity contribution in [2.75, 3.05) is 5.73 Å². The normalized spacial score (nSPS) is 11.8. The summed E-state index contributed by atoms with van der Waals surface area (Å²) in [5.74, 6) is 0. The fourth-order valence-corrected chi connectivity index (χ4v) is 3.94. The van der Waals surface area contributed by atoms with Crippen molar-refractivity contribution in [1.29, 1.82) is 5.41 Å². The minimum atomic E-state index is 0.605. The lowest BCUT2D eigenvalue weighted by Crippen LogP contribution is -2.03. The Morgan fingerprint density at radius 1 is 1.50 bits per heavy atom. The van der Waals surface area contributed by atoms with Crippen LogP contribution in [0.15, 0.2) is 21.8 Å². The maximum Gasteiger partial charge on any atom is 0.0947 e. The lowest BCUT2D eigenvalue weighted by Gasteiger charge is -2.00. The fourth-order valence-electron chi connectivity index (χ4n) is 1.97. The van der Waals surface area contributed by atoms with Crippen molar-refractivity contribution in [2.24, 2.45) is 4.99 Å². The number of aryl methyl sites for hydroxylation is 1. The van der Waals surface area contributed by atoms with Gasteiger partial charge in [0.2, 0.25) is 0 Å². The number of nitrogen functional groups attached to an aromatic ring is 1. The van der Waals surface area contributed by atoms with Crippen LogP contribution in [0.25, 0.3) is 0 Å². The molecule has 0 fully saturated rings. The number of thiophene rings is 2. The second-order valence-electron chi connectivity index (χ2n) is 4.62. The molecule has 0 spiro atoms. The molecule has 20 heavy (non-hydrogen) atoms. The topological polar surface area (TPSA) is 62.2 Å². The van der Waals surface area contributed by atoms with Gasteiger partial charge in [0.1, 0.15) is 0 Å². The zero-order valence-corrected chi connectivity index (χ0v) is 13.4. The van der Waals surface area contributed by atoms with Gasteiger partial charge in [-0.15, -0.1) is 11.3 Å². The molecular formula is C15H19N3S2. The molecule has 0 radical (unpaired) electrons. The molecule has 2 heterocycles. The highest BCUT2D eigenvalue weighted by Crippen LogP contribution is 2.31. The molecule has 0 aliphatic rings. The molecule has 0 saturated carbocycles. The Kier molecular flexibility index (Phi) is 5.09. The van der Waals surface area contributed by atoms with Crippen LogP contribution in [0, 0.1) is 12.3 Å². The van der Waals surface area contributed by atoms with E-state index in [1.165, 1.54) is 16.7 Å². The summed E-state index contributed by atoms with van der Waals surface area (Å²) in [7, 11) is 0. The number of nitrogens with two attached hydrogens (primary N) is 1. The van der Waals surface area contributed by atoms with Crippen LogP contribution in [0.4, 0.5) is 5.69 Å². The van der Waals surface area contributed by atoms with E-state index in [2.05, 4.69) is 30.3 Å². The average Bonchev–Trinajstić information content (AvgIpc) is 3.05. The van der Waals surface area contributed by atoms with Gasteiger partial charge in [-0.25, -0.2) is 0 Å². The maximum atomic E-state index is 7.60. The van der Waals surface area contributed by atoms with E-state index in [-0.39, 0.29) is 0 Å². The van der Waals surface area contributed by atoms with Gasteiger partial charge in [0.05, 0.1) is 22.8 Å². The largest absolute Gasteiger partial charge is 0.397 e. The molecular weight excluding hydrogens is 286 g/mol. The van der Waals surface area contributed by atoms with E-state index >= 15 is 0 Å². The maximum absolute atomic E-state index is 7.60. The van der Waals surface area contributed by atoms with Crippen LogP contribution in [0.3, 0.4) is 0 Å². The quantitative estimate of drug-likeness (QED) is 0.768. The Morgan fingerprint density at radius 2 is 2.30 bits per heavy atom. The van der Waals surface area contributed by atoms with Crippen molar-refractivity contribution < 1.29 is 0 Å². The SMILES string of the molecule is CCCc1sc(C(C=N)=NCc2ccsc2)c(N)c1C. The summed E-state index contributed by atoms with van der Waals surface area (Å²) in [4.78, 5) is 6.79. The molecule has 3 nitrogen and oxygen atoms in total. The summed E-state index contributed by atoms with van der Waals surface area (Å²) in [5.41, 5.74) is 9.98. The number of hydrogen-bond donors (Lipinski definition) is 2. The van der Waals surface area contributed by atoms with Crippen molar-refractivity contribution in [1.82, 2.24) is 0 Å². The molecule has 0 aliphatic carbocycles. The van der Waals surface area contributed by atoms with Crippen molar-refractivity contribution in [2.45, 2.75) is 33.2 Å². The lowest BCUT2D eigenvalue weighted by atomic mass is 10.1. The van der Waals surface area contributed by atoms with Crippen LogP contribution in [-0.2, 0) is 13.0 Å². The van der Waals surface area contributed by atoms with E-state index in [1.807, 2.05) is 5.38 Å². The highest BCUT2D eigenvalue weighted by molar-refractivity contribution is 7.15. The van der Waals surface area contributed by atoms with E-state index < -0.39 is 0 Å². The second-order valence-corrected chi connectivity index (χ2v) is 6.51. The fraction of sp³-hybridized carbons (Fsp3) is 0.333. The number of nitrogens with one attached hydrogen (secondary N) is 1. The zero-order chi connectivity index (χ0) is 14.5. The monoisotopic (exact) mass is 305 g/mol. The van der Waals surface area contributed by atoms with Crippen LogP contribution in [0.1, 0.15) is 34.2 Å². The van der Waals surface area contributed by atoms with Crippen LogP contribution < -0.4 is 5.73 Å². The molecule has 2 aromatic rings. The predicted molar refractivity (Wildman–Crippen MR) is 90.8 cm³/mol. The number of nitrogens with zero attached hydrogens (tertiary/aromatic N) is 1. The number of rotatable bonds is 6. The lowest BCUT2D eigenvalue weighted by molar-refractivity contribution is 0.933. The van der Waals surface area contributed by atoms with Gasteiger partial charge in [-0.2, -0.15) is 11.3 Å². The number of hydrogen-bond acceptors (Lipinski definition) is 5. The minimum absolute atomic E-state index is 0.605. The number of anilines is 1. The Labute approximate surface area is 127 Å². The van der Waals surface area contributed by atoms with Crippen LogP contribution in [0.2, 0.25) is 0 Å². The van der Waals surface area contributed by atoms with Gasteiger partial charge in [-0.1, -0.05) is 13.3 Å². The molecule has 0 bridgehead atoms. The standard InChI is InChI=1S/C15H19N3S2/c1-3-4-13-10(2)14(17)15(20-13)12(7-16)18-8-11-5-6-19-9-11/h5-7,9,16H,3-4,8,17H2,1-2H3.